The molecule has 1 aromatic heterocycles. The highest BCUT2D eigenvalue weighted by Gasteiger charge is 2.33. The molecule has 2 aromatic carbocycles. The molecule has 0 spiro atoms. The van der Waals surface area contributed by atoms with Crippen molar-refractivity contribution < 1.29 is 23.8 Å². The molecule has 0 aliphatic carbocycles. The number of thiophene rings is 1. The van der Waals surface area contributed by atoms with Gasteiger partial charge in [-0.05, 0) is 66.6 Å². The van der Waals surface area contributed by atoms with Crippen molar-refractivity contribution in [3.63, 3.8) is 0 Å². The molecule has 0 bridgehead atoms. The van der Waals surface area contributed by atoms with E-state index in [0.717, 1.165) is 23.3 Å². The molecule has 7 nitrogen and oxygen atoms in total. The van der Waals surface area contributed by atoms with E-state index in [2.05, 4.69) is 11.4 Å². The van der Waals surface area contributed by atoms with E-state index in [0.29, 0.717) is 44.0 Å². The highest BCUT2D eigenvalue weighted by atomic mass is 32.1. The van der Waals surface area contributed by atoms with Crippen molar-refractivity contribution in [1.29, 1.82) is 0 Å². The van der Waals surface area contributed by atoms with E-state index in [4.69, 9.17) is 14.2 Å². The minimum absolute atomic E-state index is 0.0138. The highest BCUT2D eigenvalue weighted by molar-refractivity contribution is 7.10. The zero-order valence-corrected chi connectivity index (χ0v) is 22.5. The second-order valence-corrected chi connectivity index (χ2v) is 10.0. The van der Waals surface area contributed by atoms with Gasteiger partial charge in [0.25, 0.3) is 5.91 Å². The van der Waals surface area contributed by atoms with Crippen molar-refractivity contribution in [2.45, 2.75) is 25.8 Å². The van der Waals surface area contributed by atoms with Crippen LogP contribution in [0.1, 0.15) is 38.8 Å². The number of para-hydroxylation sites is 1. The Morgan fingerprint density at radius 1 is 1.11 bits per heavy atom. The SMILES string of the molecule is COCCCN(CC(=O)N1CCc2sccc2C1COc1ccccc1C)C(=O)c1cccc(OC)c1. The summed E-state index contributed by atoms with van der Waals surface area (Å²) in [4.78, 5) is 32.0. The average molecular weight is 523 g/mol. The predicted molar refractivity (Wildman–Crippen MR) is 145 cm³/mol. The van der Waals surface area contributed by atoms with Crippen LogP contribution in [-0.4, -0.2) is 68.7 Å². The molecule has 3 aromatic rings. The van der Waals surface area contributed by atoms with Crippen LogP contribution in [0.15, 0.2) is 60.0 Å². The van der Waals surface area contributed by atoms with E-state index < -0.39 is 0 Å². The Labute approximate surface area is 222 Å². The molecule has 2 amide bonds. The van der Waals surface area contributed by atoms with Crippen molar-refractivity contribution >= 4 is 23.2 Å². The molecule has 0 fully saturated rings. The lowest BCUT2D eigenvalue weighted by Crippen LogP contribution is -2.48. The Morgan fingerprint density at radius 2 is 1.95 bits per heavy atom. The first kappa shape index (κ1) is 26.7. The maximum absolute atomic E-state index is 13.7. The van der Waals surface area contributed by atoms with E-state index in [1.807, 2.05) is 36.1 Å². The highest BCUT2D eigenvalue weighted by Crippen LogP contribution is 2.34. The molecular formula is C29H34N2O5S. The summed E-state index contributed by atoms with van der Waals surface area (Å²) in [7, 11) is 3.20. The van der Waals surface area contributed by atoms with Crippen LogP contribution < -0.4 is 9.47 Å². The monoisotopic (exact) mass is 522 g/mol. The third-order valence-corrected chi connectivity index (χ3v) is 7.61. The van der Waals surface area contributed by atoms with Crippen LogP contribution in [0.5, 0.6) is 11.5 Å². The lowest BCUT2D eigenvalue weighted by atomic mass is 10.00. The van der Waals surface area contributed by atoms with Gasteiger partial charge in [-0.1, -0.05) is 24.3 Å². The van der Waals surface area contributed by atoms with Crippen molar-refractivity contribution in [2.75, 3.05) is 47.1 Å². The number of ether oxygens (including phenoxy) is 3. The summed E-state index contributed by atoms with van der Waals surface area (Å²) >= 11 is 1.72. The molecule has 196 valence electrons. The standard InChI is InChI=1S/C29H34N2O5S/c1-21-8-4-5-11-26(21)36-20-25-24-13-17-37-27(24)12-15-31(25)28(32)19-30(14-7-16-34-2)29(33)22-9-6-10-23(18-22)35-3/h4-6,8-11,13,17-18,25H,7,12,14-16,19-20H2,1-3H3. The fourth-order valence-corrected chi connectivity index (χ4v) is 5.53. The largest absolute Gasteiger partial charge is 0.497 e. The number of amides is 2. The second kappa shape index (κ2) is 12.7. The van der Waals surface area contributed by atoms with Gasteiger partial charge in [0.2, 0.25) is 5.91 Å². The van der Waals surface area contributed by atoms with Crippen LogP contribution in [0.4, 0.5) is 0 Å². The Bertz CT molecular complexity index is 1210. The van der Waals surface area contributed by atoms with Gasteiger partial charge in [0.1, 0.15) is 24.7 Å². The van der Waals surface area contributed by atoms with Crippen molar-refractivity contribution in [2.24, 2.45) is 0 Å². The van der Waals surface area contributed by atoms with E-state index in [1.165, 1.54) is 4.88 Å². The quantitative estimate of drug-likeness (QED) is 0.340. The maximum Gasteiger partial charge on any atom is 0.254 e. The van der Waals surface area contributed by atoms with Gasteiger partial charge in [-0.15, -0.1) is 11.3 Å². The molecule has 1 atom stereocenters. The fourth-order valence-electron chi connectivity index (χ4n) is 4.61. The number of hydrogen-bond acceptors (Lipinski definition) is 6. The number of carbonyl (C=O) groups is 2. The van der Waals surface area contributed by atoms with Crippen LogP contribution in [0, 0.1) is 6.92 Å². The van der Waals surface area contributed by atoms with Crippen LogP contribution in [-0.2, 0) is 16.0 Å². The molecule has 8 heteroatoms. The summed E-state index contributed by atoms with van der Waals surface area (Å²) in [6, 6.07) is 16.8. The summed E-state index contributed by atoms with van der Waals surface area (Å²) < 4.78 is 16.7. The number of nitrogens with zero attached hydrogens (tertiary/aromatic N) is 2. The third-order valence-electron chi connectivity index (χ3n) is 6.61. The molecule has 0 N–H and O–H groups in total. The Kier molecular flexibility index (Phi) is 9.19. The molecular weight excluding hydrogens is 488 g/mol. The molecule has 37 heavy (non-hydrogen) atoms. The van der Waals surface area contributed by atoms with Gasteiger partial charge in [-0.2, -0.15) is 0 Å². The zero-order valence-electron chi connectivity index (χ0n) is 21.6. The third kappa shape index (κ3) is 6.50. The van der Waals surface area contributed by atoms with Crippen LogP contribution >= 0.6 is 11.3 Å². The first-order chi connectivity index (χ1) is 18.0. The molecule has 1 unspecified atom stereocenters. The summed E-state index contributed by atoms with van der Waals surface area (Å²) in [5.74, 6) is 1.11. The Balaban J connectivity index is 1.53. The number of aryl methyl sites for hydroxylation is 1. The molecule has 1 aliphatic heterocycles. The number of fused-ring (bicyclic) bond motifs is 1. The van der Waals surface area contributed by atoms with E-state index in [-0.39, 0.29) is 24.4 Å². The van der Waals surface area contributed by atoms with Crippen LogP contribution in [0.3, 0.4) is 0 Å². The zero-order chi connectivity index (χ0) is 26.2. The molecule has 0 radical (unpaired) electrons. The summed E-state index contributed by atoms with van der Waals surface area (Å²) in [5, 5.41) is 2.07. The normalized spacial score (nSPS) is 14.7. The summed E-state index contributed by atoms with van der Waals surface area (Å²) in [6.07, 6.45) is 1.43. The minimum atomic E-state index is -0.213. The molecule has 0 saturated heterocycles. The molecule has 0 saturated carbocycles. The van der Waals surface area contributed by atoms with Gasteiger partial charge in [0.15, 0.2) is 0 Å². The number of rotatable bonds is 11. The Morgan fingerprint density at radius 3 is 2.73 bits per heavy atom. The first-order valence-corrected chi connectivity index (χ1v) is 13.4. The van der Waals surface area contributed by atoms with Gasteiger partial charge >= 0.3 is 0 Å². The van der Waals surface area contributed by atoms with Crippen molar-refractivity contribution in [3.8, 4) is 11.5 Å². The summed E-state index contributed by atoms with van der Waals surface area (Å²) in [5.41, 5.74) is 2.67. The van der Waals surface area contributed by atoms with Gasteiger partial charge < -0.3 is 24.0 Å². The van der Waals surface area contributed by atoms with Crippen LogP contribution in [0.2, 0.25) is 0 Å². The number of hydrogen-bond donors (Lipinski definition) is 0. The molecule has 2 heterocycles. The first-order valence-electron chi connectivity index (χ1n) is 12.5. The lowest BCUT2D eigenvalue weighted by Gasteiger charge is -2.37. The maximum atomic E-state index is 13.7. The van der Waals surface area contributed by atoms with Crippen LogP contribution in [0.25, 0.3) is 0 Å². The van der Waals surface area contributed by atoms with E-state index in [9.17, 15) is 9.59 Å². The second-order valence-electron chi connectivity index (χ2n) is 9.03. The lowest BCUT2D eigenvalue weighted by molar-refractivity contribution is -0.135. The Hall–Kier alpha value is -3.36. The summed E-state index contributed by atoms with van der Waals surface area (Å²) in [6.45, 7) is 3.86. The van der Waals surface area contributed by atoms with Crippen molar-refractivity contribution in [3.05, 3.63) is 81.5 Å². The minimum Gasteiger partial charge on any atom is -0.497 e. The fraction of sp³-hybridized carbons (Fsp3) is 0.379. The smallest absolute Gasteiger partial charge is 0.254 e. The number of carbonyl (C=O) groups excluding carboxylic acids is 2. The van der Waals surface area contributed by atoms with Gasteiger partial charge in [0, 0.05) is 37.2 Å². The topological polar surface area (TPSA) is 68.3 Å². The average Bonchev–Trinajstić information content (AvgIpc) is 3.41. The van der Waals surface area contributed by atoms with Gasteiger partial charge in [0.05, 0.1) is 13.2 Å². The molecule has 4 rings (SSSR count). The number of methoxy groups -OCH3 is 2. The van der Waals surface area contributed by atoms with E-state index in [1.54, 1.807) is 54.7 Å². The predicted octanol–water partition coefficient (Wildman–Crippen LogP) is 4.75. The van der Waals surface area contributed by atoms with Crippen molar-refractivity contribution in [1.82, 2.24) is 9.80 Å². The van der Waals surface area contributed by atoms with E-state index >= 15 is 0 Å². The molecule has 1 aliphatic rings. The van der Waals surface area contributed by atoms with Gasteiger partial charge in [-0.3, -0.25) is 9.59 Å². The van der Waals surface area contributed by atoms with Gasteiger partial charge in [-0.25, -0.2) is 0 Å². The number of benzene rings is 2.